The predicted octanol–water partition coefficient (Wildman–Crippen LogP) is 5.20. The third kappa shape index (κ3) is 4.12. The molecule has 0 spiro atoms. The molecule has 23 heavy (non-hydrogen) atoms. The van der Waals surface area contributed by atoms with Gasteiger partial charge >= 0.3 is 0 Å². The van der Waals surface area contributed by atoms with E-state index in [4.69, 9.17) is 32.4 Å². The van der Waals surface area contributed by atoms with Crippen LogP contribution < -0.4 is 4.74 Å². The third-order valence-corrected chi connectivity index (χ3v) is 3.46. The van der Waals surface area contributed by atoms with Crippen molar-refractivity contribution in [2.45, 2.75) is 6.42 Å². The second-order valence-electron chi connectivity index (χ2n) is 4.78. The number of benzene rings is 1. The summed E-state index contributed by atoms with van der Waals surface area (Å²) in [6, 6.07) is 11.5. The van der Waals surface area contributed by atoms with E-state index in [0.29, 0.717) is 15.8 Å². The van der Waals surface area contributed by atoms with Gasteiger partial charge in [0.15, 0.2) is 5.76 Å². The lowest BCUT2D eigenvalue weighted by Crippen LogP contribution is -2.01. The van der Waals surface area contributed by atoms with Crippen molar-refractivity contribution in [3.8, 4) is 11.7 Å². The number of carbonyl (C=O) groups excluding carboxylic acids is 1. The van der Waals surface area contributed by atoms with Crippen LogP contribution in [0.5, 0.6) is 11.7 Å². The number of ether oxygens (including phenoxy) is 1. The lowest BCUT2D eigenvalue weighted by Gasteiger charge is -2.03. The van der Waals surface area contributed by atoms with Crippen LogP contribution in [0.25, 0.3) is 0 Å². The molecule has 0 N–H and O–H groups in total. The first kappa shape index (κ1) is 15.6. The summed E-state index contributed by atoms with van der Waals surface area (Å²) in [4.78, 5) is 16.1. The lowest BCUT2D eigenvalue weighted by atomic mass is 10.1. The van der Waals surface area contributed by atoms with E-state index in [1.807, 2.05) is 0 Å². The summed E-state index contributed by atoms with van der Waals surface area (Å²) in [5.41, 5.74) is 0.866. The molecule has 0 unspecified atom stereocenters. The highest BCUT2D eigenvalue weighted by atomic mass is 35.5. The molecule has 1 aromatic carbocycles. The molecule has 0 saturated carbocycles. The molecular formula is C17H11Cl2NO3. The Morgan fingerprint density at radius 1 is 1.04 bits per heavy atom. The molecule has 2 aromatic heterocycles. The topological polar surface area (TPSA) is 52.3 Å². The van der Waals surface area contributed by atoms with E-state index in [0.717, 1.165) is 5.56 Å². The molecule has 0 saturated heterocycles. The maximum atomic E-state index is 12.2. The number of furan rings is 1. The summed E-state index contributed by atoms with van der Waals surface area (Å²) in [6.07, 6.45) is 3.52. The van der Waals surface area contributed by atoms with Gasteiger partial charge in [-0.3, -0.25) is 9.78 Å². The molecule has 0 bridgehead atoms. The average molecular weight is 348 g/mol. The van der Waals surface area contributed by atoms with Crippen molar-refractivity contribution < 1.29 is 13.9 Å². The van der Waals surface area contributed by atoms with E-state index in [1.54, 1.807) is 54.9 Å². The number of hydrogen-bond acceptors (Lipinski definition) is 4. The van der Waals surface area contributed by atoms with Crippen LogP contribution in [0.2, 0.25) is 10.0 Å². The fourth-order valence-corrected chi connectivity index (χ4v) is 2.51. The molecule has 3 aromatic rings. The molecule has 0 amide bonds. The number of ketones is 1. The molecule has 116 valence electrons. The zero-order valence-electron chi connectivity index (χ0n) is 11.8. The molecule has 6 heteroatoms. The largest absolute Gasteiger partial charge is 0.426 e. The zero-order valence-corrected chi connectivity index (χ0v) is 13.3. The van der Waals surface area contributed by atoms with Gasteiger partial charge in [-0.05, 0) is 42.0 Å². The molecule has 0 aliphatic carbocycles. The average Bonchev–Trinajstić information content (AvgIpc) is 2.96. The van der Waals surface area contributed by atoms with Crippen LogP contribution >= 0.6 is 23.2 Å². The second kappa shape index (κ2) is 6.86. The number of carbonyl (C=O) groups is 1. The van der Waals surface area contributed by atoms with Crippen molar-refractivity contribution in [3.63, 3.8) is 0 Å². The van der Waals surface area contributed by atoms with Gasteiger partial charge in [0.05, 0.1) is 0 Å². The van der Waals surface area contributed by atoms with Gasteiger partial charge in [-0.1, -0.05) is 23.2 Å². The number of aromatic nitrogens is 1. The van der Waals surface area contributed by atoms with E-state index >= 15 is 0 Å². The SMILES string of the molecule is O=C(Cc1ccncc1)c1ccc(Oc2cc(Cl)cc(Cl)c2)o1. The fraction of sp³-hybridized carbons (Fsp3) is 0.0588. The van der Waals surface area contributed by atoms with Crippen molar-refractivity contribution in [1.82, 2.24) is 4.98 Å². The highest BCUT2D eigenvalue weighted by molar-refractivity contribution is 6.34. The normalized spacial score (nSPS) is 10.5. The van der Waals surface area contributed by atoms with Gasteiger partial charge in [-0.25, -0.2) is 0 Å². The number of Topliss-reactive ketones (excluding diaryl/α,β-unsaturated/α-hetero) is 1. The monoisotopic (exact) mass is 347 g/mol. The van der Waals surface area contributed by atoms with Crippen LogP contribution in [0.1, 0.15) is 16.1 Å². The van der Waals surface area contributed by atoms with Crippen LogP contribution in [0.4, 0.5) is 0 Å². The summed E-state index contributed by atoms with van der Waals surface area (Å²) < 4.78 is 11.0. The second-order valence-corrected chi connectivity index (χ2v) is 5.65. The summed E-state index contributed by atoms with van der Waals surface area (Å²) in [5.74, 6) is 0.714. The van der Waals surface area contributed by atoms with Gasteiger partial charge in [0.2, 0.25) is 5.78 Å². The predicted molar refractivity (Wildman–Crippen MR) is 87.5 cm³/mol. The van der Waals surface area contributed by atoms with Crippen LogP contribution in [0.3, 0.4) is 0 Å². The van der Waals surface area contributed by atoms with Crippen molar-refractivity contribution in [1.29, 1.82) is 0 Å². The summed E-state index contributed by atoms with van der Waals surface area (Å²) in [7, 11) is 0. The van der Waals surface area contributed by atoms with Crippen LogP contribution in [-0.2, 0) is 6.42 Å². The summed E-state index contributed by atoms with van der Waals surface area (Å²) in [5, 5.41) is 0.904. The Hall–Kier alpha value is -2.30. The Kier molecular flexibility index (Phi) is 4.65. The molecule has 2 heterocycles. The molecule has 0 fully saturated rings. The van der Waals surface area contributed by atoms with Gasteiger partial charge in [-0.15, -0.1) is 0 Å². The Morgan fingerprint density at radius 3 is 2.43 bits per heavy atom. The Morgan fingerprint density at radius 2 is 1.74 bits per heavy atom. The van der Waals surface area contributed by atoms with E-state index in [-0.39, 0.29) is 23.9 Å². The number of rotatable bonds is 5. The Labute approximate surface area is 142 Å². The minimum Gasteiger partial charge on any atom is -0.426 e. The zero-order chi connectivity index (χ0) is 16.2. The van der Waals surface area contributed by atoms with Gasteiger partial charge in [0.25, 0.3) is 5.95 Å². The van der Waals surface area contributed by atoms with E-state index in [1.165, 1.54) is 0 Å². The first-order valence-electron chi connectivity index (χ1n) is 6.76. The standard InChI is InChI=1S/C17H11Cl2NO3/c18-12-8-13(19)10-14(9-12)22-17-2-1-16(23-17)15(21)7-11-3-5-20-6-4-11/h1-6,8-10H,7H2. The number of halogens is 2. The minimum absolute atomic E-state index is 0.143. The van der Waals surface area contributed by atoms with E-state index in [2.05, 4.69) is 4.98 Å². The maximum absolute atomic E-state index is 12.2. The molecule has 3 rings (SSSR count). The van der Waals surface area contributed by atoms with Crippen molar-refractivity contribution in [2.24, 2.45) is 0 Å². The fourth-order valence-electron chi connectivity index (χ4n) is 2.00. The van der Waals surface area contributed by atoms with E-state index in [9.17, 15) is 4.79 Å². The number of hydrogen-bond donors (Lipinski definition) is 0. The molecule has 0 radical (unpaired) electrons. The van der Waals surface area contributed by atoms with Gasteiger partial charge in [0.1, 0.15) is 5.75 Å². The molecule has 4 nitrogen and oxygen atoms in total. The smallest absolute Gasteiger partial charge is 0.290 e. The van der Waals surface area contributed by atoms with Gasteiger partial charge < -0.3 is 9.15 Å². The highest BCUT2D eigenvalue weighted by Crippen LogP contribution is 2.29. The van der Waals surface area contributed by atoms with E-state index < -0.39 is 0 Å². The molecule has 0 atom stereocenters. The molecule has 0 aliphatic rings. The number of pyridine rings is 1. The van der Waals surface area contributed by atoms with Crippen LogP contribution in [0.15, 0.2) is 59.3 Å². The van der Waals surface area contributed by atoms with Crippen LogP contribution in [0, 0.1) is 0 Å². The first-order valence-corrected chi connectivity index (χ1v) is 7.51. The quantitative estimate of drug-likeness (QED) is 0.595. The Balaban J connectivity index is 1.71. The summed E-state index contributed by atoms with van der Waals surface area (Å²) >= 11 is 11.8. The lowest BCUT2D eigenvalue weighted by molar-refractivity contribution is 0.0961. The molecule has 0 aliphatic heterocycles. The first-order chi connectivity index (χ1) is 11.1. The van der Waals surface area contributed by atoms with Crippen molar-refractivity contribution >= 4 is 29.0 Å². The Bertz CT molecular complexity index is 811. The third-order valence-electron chi connectivity index (χ3n) is 3.02. The van der Waals surface area contributed by atoms with Crippen molar-refractivity contribution in [2.75, 3.05) is 0 Å². The highest BCUT2D eigenvalue weighted by Gasteiger charge is 2.13. The van der Waals surface area contributed by atoms with Crippen LogP contribution in [-0.4, -0.2) is 10.8 Å². The van der Waals surface area contributed by atoms with Gasteiger partial charge in [-0.2, -0.15) is 0 Å². The minimum atomic E-state index is -0.143. The van der Waals surface area contributed by atoms with Crippen molar-refractivity contribution in [3.05, 3.63) is 76.2 Å². The number of nitrogens with zero attached hydrogens (tertiary/aromatic N) is 1. The maximum Gasteiger partial charge on any atom is 0.290 e. The molecular weight excluding hydrogens is 337 g/mol. The summed E-state index contributed by atoms with van der Waals surface area (Å²) in [6.45, 7) is 0. The van der Waals surface area contributed by atoms with Gasteiger partial charge in [0, 0.05) is 34.9 Å².